The molecule has 0 bridgehead atoms. The van der Waals surface area contributed by atoms with Crippen molar-refractivity contribution in [2.75, 3.05) is 22.9 Å². The molecule has 3 nitrogen and oxygen atoms in total. The minimum Gasteiger partial charge on any atom is -0.397 e. The number of halogens is 2. The van der Waals surface area contributed by atoms with Crippen LogP contribution in [0, 0.1) is 11.7 Å². The van der Waals surface area contributed by atoms with E-state index in [1.165, 1.54) is 0 Å². The zero-order chi connectivity index (χ0) is 14.2. The van der Waals surface area contributed by atoms with E-state index in [0.29, 0.717) is 23.3 Å². The third-order valence-electron chi connectivity index (χ3n) is 3.46. The molecular weight excluding hydrogens is 265 g/mol. The second kappa shape index (κ2) is 5.45. The normalized spacial score (nSPS) is 15.0. The minimum absolute atomic E-state index is 0.0283. The quantitative estimate of drug-likeness (QED) is 0.812. The zero-order valence-electron chi connectivity index (χ0n) is 11.4. The summed E-state index contributed by atoms with van der Waals surface area (Å²) in [6, 6.07) is 1.93. The van der Waals surface area contributed by atoms with Crippen LogP contribution in [0.3, 0.4) is 0 Å². The van der Waals surface area contributed by atoms with E-state index in [4.69, 9.17) is 23.1 Å². The molecule has 1 fully saturated rings. The number of nitrogen functional groups attached to an aromatic ring is 2. The highest BCUT2D eigenvalue weighted by atomic mass is 35.5. The summed E-state index contributed by atoms with van der Waals surface area (Å²) < 4.78 is 14.4. The van der Waals surface area contributed by atoms with Gasteiger partial charge in [0.15, 0.2) is 5.82 Å². The van der Waals surface area contributed by atoms with Gasteiger partial charge in [-0.2, -0.15) is 0 Å². The van der Waals surface area contributed by atoms with Crippen LogP contribution in [0.25, 0.3) is 0 Å². The fourth-order valence-corrected chi connectivity index (χ4v) is 2.35. The molecule has 0 amide bonds. The molecule has 1 aliphatic carbocycles. The van der Waals surface area contributed by atoms with Gasteiger partial charge in [0.25, 0.3) is 0 Å². The van der Waals surface area contributed by atoms with Crippen LogP contribution in [0.4, 0.5) is 21.5 Å². The summed E-state index contributed by atoms with van der Waals surface area (Å²) in [6.07, 6.45) is 3.16. The smallest absolute Gasteiger partial charge is 0.169 e. The molecule has 0 unspecified atom stereocenters. The maximum absolute atomic E-state index is 14.4. The van der Waals surface area contributed by atoms with Crippen molar-refractivity contribution < 1.29 is 4.39 Å². The van der Waals surface area contributed by atoms with Crippen LogP contribution in [0.2, 0.25) is 5.02 Å². The lowest BCUT2D eigenvalue weighted by Gasteiger charge is -2.28. The van der Waals surface area contributed by atoms with Gasteiger partial charge in [0.05, 0.1) is 17.1 Å². The Hall–Kier alpha value is -1.16. The van der Waals surface area contributed by atoms with Gasteiger partial charge >= 0.3 is 0 Å². The summed E-state index contributed by atoms with van der Waals surface area (Å²) in [5, 5.41) is -0.0283. The first-order valence-corrected chi connectivity index (χ1v) is 7.09. The monoisotopic (exact) mass is 285 g/mol. The number of rotatable bonds is 5. The van der Waals surface area contributed by atoms with E-state index in [1.807, 2.05) is 0 Å². The summed E-state index contributed by atoms with van der Waals surface area (Å²) >= 11 is 5.90. The van der Waals surface area contributed by atoms with E-state index in [9.17, 15) is 4.39 Å². The molecular formula is C14H21ClFN3. The molecule has 4 N–H and O–H groups in total. The maximum Gasteiger partial charge on any atom is 0.169 e. The summed E-state index contributed by atoms with van der Waals surface area (Å²) in [6.45, 7) is 5.10. The standard InChI is InChI=1S/C14H21ClFN3/c1-8(2)5-6-19(9-3-4-9)14-11(18)7-10(17)12(15)13(14)16/h7-9H,3-6,17-18H2,1-2H3. The molecule has 0 atom stereocenters. The Kier molecular flexibility index (Phi) is 4.09. The average molecular weight is 286 g/mol. The zero-order valence-corrected chi connectivity index (χ0v) is 12.2. The fraction of sp³-hybridized carbons (Fsp3) is 0.571. The molecule has 0 radical (unpaired) electrons. The van der Waals surface area contributed by atoms with Crippen LogP contribution in [-0.2, 0) is 0 Å². The Morgan fingerprint density at radius 3 is 2.53 bits per heavy atom. The van der Waals surface area contributed by atoms with Gasteiger partial charge < -0.3 is 16.4 Å². The summed E-state index contributed by atoms with van der Waals surface area (Å²) in [7, 11) is 0. The molecule has 19 heavy (non-hydrogen) atoms. The first-order chi connectivity index (χ1) is 8.91. The second-order valence-corrected chi connectivity index (χ2v) is 6.02. The summed E-state index contributed by atoms with van der Waals surface area (Å²) in [5.41, 5.74) is 12.6. The SMILES string of the molecule is CC(C)CCN(c1c(N)cc(N)c(Cl)c1F)C1CC1. The van der Waals surface area contributed by atoms with E-state index in [1.54, 1.807) is 6.07 Å². The highest BCUT2D eigenvalue weighted by Gasteiger charge is 2.32. The molecule has 0 aromatic heterocycles. The molecule has 1 aliphatic rings. The van der Waals surface area contributed by atoms with Crippen molar-refractivity contribution in [3.8, 4) is 0 Å². The van der Waals surface area contributed by atoms with Gasteiger partial charge in [0.2, 0.25) is 0 Å². The van der Waals surface area contributed by atoms with Gasteiger partial charge in [0, 0.05) is 12.6 Å². The molecule has 5 heteroatoms. The lowest BCUT2D eigenvalue weighted by atomic mass is 10.1. The Balaban J connectivity index is 2.33. The Morgan fingerprint density at radius 2 is 2.00 bits per heavy atom. The fourth-order valence-electron chi connectivity index (χ4n) is 2.21. The summed E-state index contributed by atoms with van der Waals surface area (Å²) in [5.74, 6) is 0.0737. The van der Waals surface area contributed by atoms with Crippen molar-refractivity contribution in [3.63, 3.8) is 0 Å². The molecule has 0 spiro atoms. The van der Waals surface area contributed by atoms with Crippen LogP contribution < -0.4 is 16.4 Å². The largest absolute Gasteiger partial charge is 0.397 e. The number of nitrogens with two attached hydrogens (primary N) is 2. The molecule has 1 aromatic rings. The predicted octanol–water partition coefficient (Wildman–Crippen LogP) is 3.66. The van der Waals surface area contributed by atoms with E-state index in [-0.39, 0.29) is 10.7 Å². The number of nitrogens with zero attached hydrogens (tertiary/aromatic N) is 1. The van der Waals surface area contributed by atoms with E-state index >= 15 is 0 Å². The first kappa shape index (κ1) is 14.3. The predicted molar refractivity (Wildman–Crippen MR) is 80.1 cm³/mol. The summed E-state index contributed by atoms with van der Waals surface area (Å²) in [4.78, 5) is 2.05. The van der Waals surface area contributed by atoms with E-state index < -0.39 is 5.82 Å². The van der Waals surface area contributed by atoms with Gasteiger partial charge in [-0.3, -0.25) is 0 Å². The van der Waals surface area contributed by atoms with Crippen LogP contribution >= 0.6 is 11.6 Å². The topological polar surface area (TPSA) is 55.3 Å². The van der Waals surface area contributed by atoms with Gasteiger partial charge in [-0.15, -0.1) is 0 Å². The Labute approximate surface area is 118 Å². The molecule has 2 rings (SSSR count). The Morgan fingerprint density at radius 1 is 1.37 bits per heavy atom. The van der Waals surface area contributed by atoms with Crippen molar-refractivity contribution in [1.29, 1.82) is 0 Å². The molecule has 1 saturated carbocycles. The molecule has 106 valence electrons. The van der Waals surface area contributed by atoms with E-state index in [2.05, 4.69) is 18.7 Å². The molecule has 0 heterocycles. The molecule has 0 saturated heterocycles. The third kappa shape index (κ3) is 3.06. The number of anilines is 3. The van der Waals surface area contributed by atoms with Crippen LogP contribution in [-0.4, -0.2) is 12.6 Å². The first-order valence-electron chi connectivity index (χ1n) is 6.71. The molecule has 1 aromatic carbocycles. The van der Waals surface area contributed by atoms with Crippen molar-refractivity contribution in [2.45, 2.75) is 39.2 Å². The van der Waals surface area contributed by atoms with Gasteiger partial charge in [0.1, 0.15) is 5.02 Å². The van der Waals surface area contributed by atoms with Crippen LogP contribution in [0.15, 0.2) is 6.07 Å². The molecule has 0 aliphatic heterocycles. The number of hydrogen-bond donors (Lipinski definition) is 2. The van der Waals surface area contributed by atoms with Gasteiger partial charge in [-0.05, 0) is 31.2 Å². The van der Waals surface area contributed by atoms with Crippen molar-refractivity contribution in [2.24, 2.45) is 5.92 Å². The average Bonchev–Trinajstić information content (AvgIpc) is 3.14. The lowest BCUT2D eigenvalue weighted by molar-refractivity contribution is 0.559. The minimum atomic E-state index is -0.491. The van der Waals surface area contributed by atoms with Crippen LogP contribution in [0.5, 0.6) is 0 Å². The second-order valence-electron chi connectivity index (χ2n) is 5.64. The van der Waals surface area contributed by atoms with Gasteiger partial charge in [-0.1, -0.05) is 25.4 Å². The highest BCUT2D eigenvalue weighted by molar-refractivity contribution is 6.33. The van der Waals surface area contributed by atoms with Gasteiger partial charge in [-0.25, -0.2) is 4.39 Å². The van der Waals surface area contributed by atoms with Crippen LogP contribution in [0.1, 0.15) is 33.1 Å². The number of hydrogen-bond acceptors (Lipinski definition) is 3. The van der Waals surface area contributed by atoms with Crippen molar-refractivity contribution >= 4 is 28.7 Å². The number of benzene rings is 1. The highest BCUT2D eigenvalue weighted by Crippen LogP contribution is 2.41. The maximum atomic E-state index is 14.4. The van der Waals surface area contributed by atoms with Crippen molar-refractivity contribution in [3.05, 3.63) is 16.9 Å². The Bertz CT molecular complexity index is 472. The lowest BCUT2D eigenvalue weighted by Crippen LogP contribution is -2.29. The third-order valence-corrected chi connectivity index (χ3v) is 3.84. The van der Waals surface area contributed by atoms with E-state index in [0.717, 1.165) is 25.8 Å². The van der Waals surface area contributed by atoms with Crippen molar-refractivity contribution in [1.82, 2.24) is 0 Å².